The molecular weight excluding hydrogens is 350 g/mol. The number of aromatic amines is 1. The van der Waals surface area contributed by atoms with Crippen molar-refractivity contribution in [3.8, 4) is 11.3 Å². The first-order valence-electron chi connectivity index (χ1n) is 8.55. The van der Waals surface area contributed by atoms with Crippen LogP contribution >= 0.6 is 11.6 Å². The Bertz CT molecular complexity index is 963. The molecule has 0 radical (unpaired) electrons. The van der Waals surface area contributed by atoms with E-state index in [9.17, 15) is 4.79 Å². The van der Waals surface area contributed by atoms with E-state index in [-0.39, 0.29) is 17.4 Å². The topological polar surface area (TPSA) is 74.8 Å². The number of halogens is 1. The minimum atomic E-state index is -0.290. The first-order chi connectivity index (χ1) is 12.6. The SMILES string of the molecule is O=C1N(c2cc(-c3ccnnc3)n[nH]2)C2CC1(Cc1ccc(Cl)cc1)C2. The summed E-state index contributed by atoms with van der Waals surface area (Å²) < 4.78 is 0. The molecule has 3 aliphatic rings. The predicted octanol–water partition coefficient (Wildman–Crippen LogP) is 3.26. The number of nitrogens with one attached hydrogen (secondary N) is 1. The minimum Gasteiger partial charge on any atom is -0.294 e. The second kappa shape index (κ2) is 5.64. The van der Waals surface area contributed by atoms with Crippen LogP contribution in [-0.4, -0.2) is 32.3 Å². The number of carbonyl (C=O) groups excluding carboxylic acids is 1. The number of carbonyl (C=O) groups is 1. The molecule has 0 unspecified atom stereocenters. The number of hydrogen-bond acceptors (Lipinski definition) is 4. The average molecular weight is 366 g/mol. The molecule has 2 saturated heterocycles. The molecule has 2 bridgehead atoms. The lowest BCUT2D eigenvalue weighted by molar-refractivity contribution is -0.125. The van der Waals surface area contributed by atoms with Crippen molar-refractivity contribution in [2.45, 2.75) is 25.3 Å². The normalized spacial score (nSPS) is 24.0. The zero-order chi connectivity index (χ0) is 17.7. The highest BCUT2D eigenvalue weighted by atomic mass is 35.5. The van der Waals surface area contributed by atoms with Crippen molar-refractivity contribution in [2.24, 2.45) is 5.41 Å². The van der Waals surface area contributed by atoms with Gasteiger partial charge in [-0.05, 0) is 43.0 Å². The van der Waals surface area contributed by atoms with Crippen LogP contribution in [0.15, 0.2) is 48.8 Å². The van der Waals surface area contributed by atoms with Gasteiger partial charge in [0.25, 0.3) is 0 Å². The van der Waals surface area contributed by atoms with E-state index in [2.05, 4.69) is 20.4 Å². The van der Waals surface area contributed by atoms with E-state index in [1.54, 1.807) is 12.4 Å². The molecule has 0 spiro atoms. The van der Waals surface area contributed by atoms with Crippen molar-refractivity contribution in [3.05, 3.63) is 59.4 Å². The van der Waals surface area contributed by atoms with Gasteiger partial charge in [0.1, 0.15) is 5.82 Å². The summed E-state index contributed by atoms with van der Waals surface area (Å²) in [5.41, 5.74) is 2.49. The van der Waals surface area contributed by atoms with Gasteiger partial charge < -0.3 is 0 Å². The van der Waals surface area contributed by atoms with Gasteiger partial charge in [-0.25, -0.2) is 0 Å². The summed E-state index contributed by atoms with van der Waals surface area (Å²) in [6, 6.07) is 11.8. The standard InChI is InChI=1S/C19H16ClN5O/c20-14-3-1-12(2-4-14)8-19-9-15(10-19)25(18(19)26)17-7-16(23-24-17)13-5-6-21-22-11-13/h1-7,11,15H,8-10H2,(H,23,24). The van der Waals surface area contributed by atoms with Crippen molar-refractivity contribution in [3.63, 3.8) is 0 Å². The molecule has 1 N–H and O–H groups in total. The fourth-order valence-corrected chi connectivity index (χ4v) is 4.29. The smallest absolute Gasteiger partial charge is 0.235 e. The number of nitrogens with zero attached hydrogens (tertiary/aromatic N) is 4. The van der Waals surface area contributed by atoms with E-state index < -0.39 is 0 Å². The third-order valence-electron chi connectivity index (χ3n) is 5.45. The molecule has 0 atom stereocenters. The summed E-state index contributed by atoms with van der Waals surface area (Å²) >= 11 is 5.96. The Hall–Kier alpha value is -2.73. The summed E-state index contributed by atoms with van der Waals surface area (Å²) in [6.45, 7) is 0. The molecule has 3 aromatic rings. The quantitative estimate of drug-likeness (QED) is 0.770. The van der Waals surface area contributed by atoms with Gasteiger partial charge in [-0.1, -0.05) is 23.7 Å². The second-order valence-corrected chi connectivity index (χ2v) is 7.53. The number of anilines is 1. The van der Waals surface area contributed by atoms with Crippen molar-refractivity contribution in [1.82, 2.24) is 20.4 Å². The van der Waals surface area contributed by atoms with Crippen LogP contribution in [-0.2, 0) is 11.2 Å². The van der Waals surface area contributed by atoms with Crippen LogP contribution in [0.1, 0.15) is 18.4 Å². The Morgan fingerprint density at radius 1 is 1.19 bits per heavy atom. The molecule has 1 saturated carbocycles. The monoisotopic (exact) mass is 365 g/mol. The van der Waals surface area contributed by atoms with Gasteiger partial charge in [-0.2, -0.15) is 15.3 Å². The Morgan fingerprint density at radius 3 is 2.73 bits per heavy atom. The highest BCUT2D eigenvalue weighted by molar-refractivity contribution is 6.30. The number of benzene rings is 1. The molecule has 6 rings (SSSR count). The molecule has 6 nitrogen and oxygen atoms in total. The van der Waals surface area contributed by atoms with Crippen LogP contribution in [0.3, 0.4) is 0 Å². The summed E-state index contributed by atoms with van der Waals surface area (Å²) in [5, 5.41) is 15.7. The Labute approximate surface area is 155 Å². The van der Waals surface area contributed by atoms with Gasteiger partial charge in [-0.15, -0.1) is 0 Å². The molecule has 130 valence electrons. The van der Waals surface area contributed by atoms with Gasteiger partial charge >= 0.3 is 0 Å². The summed E-state index contributed by atoms with van der Waals surface area (Å²) in [6.07, 6.45) is 5.82. The van der Waals surface area contributed by atoms with Crippen molar-refractivity contribution >= 4 is 23.3 Å². The summed E-state index contributed by atoms with van der Waals surface area (Å²) in [4.78, 5) is 15.0. The molecule has 7 heteroatoms. The van der Waals surface area contributed by atoms with Crippen LogP contribution in [0, 0.1) is 5.41 Å². The fraction of sp³-hybridized carbons (Fsp3) is 0.263. The third kappa shape index (κ3) is 2.33. The molecule has 3 fully saturated rings. The van der Waals surface area contributed by atoms with Gasteiger partial charge in [0, 0.05) is 22.7 Å². The van der Waals surface area contributed by atoms with Gasteiger partial charge in [-0.3, -0.25) is 14.8 Å². The van der Waals surface area contributed by atoms with E-state index in [0.717, 1.165) is 41.9 Å². The number of amides is 1. The molecule has 1 amide bonds. The largest absolute Gasteiger partial charge is 0.294 e. The zero-order valence-electron chi connectivity index (χ0n) is 13.9. The summed E-state index contributed by atoms with van der Waals surface area (Å²) in [5.74, 6) is 0.933. The van der Waals surface area contributed by atoms with Crippen LogP contribution in [0.5, 0.6) is 0 Å². The summed E-state index contributed by atoms with van der Waals surface area (Å²) in [7, 11) is 0. The molecule has 2 aliphatic heterocycles. The number of H-pyrrole nitrogens is 1. The highest BCUT2D eigenvalue weighted by Crippen LogP contribution is 2.55. The minimum absolute atomic E-state index is 0.181. The maximum Gasteiger partial charge on any atom is 0.235 e. The number of rotatable bonds is 4. The molecule has 1 aromatic carbocycles. The second-order valence-electron chi connectivity index (χ2n) is 7.09. The van der Waals surface area contributed by atoms with E-state index >= 15 is 0 Å². The Balaban J connectivity index is 1.39. The first-order valence-corrected chi connectivity index (χ1v) is 8.93. The number of hydrogen-bond donors (Lipinski definition) is 1. The lowest BCUT2D eigenvalue weighted by Crippen LogP contribution is -2.37. The van der Waals surface area contributed by atoms with E-state index in [4.69, 9.17) is 11.6 Å². The Kier molecular flexibility index (Phi) is 3.37. The number of aromatic nitrogens is 4. The maximum absolute atomic E-state index is 13.1. The van der Waals surface area contributed by atoms with Gasteiger partial charge in [0.05, 0.1) is 23.5 Å². The zero-order valence-corrected chi connectivity index (χ0v) is 14.6. The molecule has 26 heavy (non-hydrogen) atoms. The van der Waals surface area contributed by atoms with Gasteiger partial charge in [0.15, 0.2) is 0 Å². The van der Waals surface area contributed by atoms with Crippen molar-refractivity contribution in [2.75, 3.05) is 4.90 Å². The van der Waals surface area contributed by atoms with Crippen molar-refractivity contribution in [1.29, 1.82) is 0 Å². The average Bonchev–Trinajstić information content (AvgIpc) is 3.28. The van der Waals surface area contributed by atoms with Crippen LogP contribution in [0.2, 0.25) is 5.02 Å². The lowest BCUT2D eigenvalue weighted by atomic mass is 9.66. The van der Waals surface area contributed by atoms with E-state index in [1.807, 2.05) is 41.3 Å². The molecule has 4 heterocycles. The first kappa shape index (κ1) is 15.5. The number of fused-ring (bicyclic) bond motifs is 1. The molecule has 1 aliphatic carbocycles. The van der Waals surface area contributed by atoms with Crippen molar-refractivity contribution < 1.29 is 4.79 Å². The molecular formula is C19H16ClN5O. The fourth-order valence-electron chi connectivity index (χ4n) is 4.16. The predicted molar refractivity (Wildman–Crippen MR) is 97.7 cm³/mol. The van der Waals surface area contributed by atoms with E-state index in [0.29, 0.717) is 5.02 Å². The third-order valence-corrected chi connectivity index (χ3v) is 5.70. The van der Waals surface area contributed by atoms with Crippen LogP contribution < -0.4 is 4.90 Å². The Morgan fingerprint density at radius 2 is 2.00 bits per heavy atom. The van der Waals surface area contributed by atoms with E-state index in [1.165, 1.54) is 0 Å². The lowest BCUT2D eigenvalue weighted by Gasteiger charge is -2.34. The maximum atomic E-state index is 13.1. The van der Waals surface area contributed by atoms with Crippen LogP contribution in [0.25, 0.3) is 11.3 Å². The molecule has 2 aromatic heterocycles. The van der Waals surface area contributed by atoms with Crippen LogP contribution in [0.4, 0.5) is 5.82 Å². The van der Waals surface area contributed by atoms with Gasteiger partial charge in [0.2, 0.25) is 5.91 Å². The highest BCUT2D eigenvalue weighted by Gasteiger charge is 2.62.